The Labute approximate surface area is 335 Å². The van der Waals surface area contributed by atoms with E-state index in [1.807, 2.05) is 115 Å². The topological polar surface area (TPSA) is 38.7 Å². The molecule has 0 aliphatic carbocycles. The van der Waals surface area contributed by atoms with E-state index in [-0.39, 0.29) is 20.1 Å². The van der Waals surface area contributed by atoms with Crippen molar-refractivity contribution >= 4 is 10.8 Å². The van der Waals surface area contributed by atoms with Gasteiger partial charge in [0, 0.05) is 22.7 Å². The summed E-state index contributed by atoms with van der Waals surface area (Å²) in [6.07, 6.45) is 5.47. The van der Waals surface area contributed by atoms with Gasteiger partial charge in [-0.3, -0.25) is 0 Å². The third-order valence-electron chi connectivity index (χ3n) is 8.43. The van der Waals surface area contributed by atoms with Gasteiger partial charge in [-0.2, -0.15) is 0 Å². The zero-order chi connectivity index (χ0) is 38.6. The van der Waals surface area contributed by atoms with Gasteiger partial charge in [-0.1, -0.05) is 109 Å². The summed E-state index contributed by atoms with van der Waals surface area (Å²) in [6.45, 7) is -2.07. The Bertz CT molecular complexity index is 2570. The van der Waals surface area contributed by atoms with Crippen molar-refractivity contribution in [2.45, 2.75) is 6.85 Å². The molecule has 0 atom stereocenters. The maximum absolute atomic E-state index is 7.41. The molecule has 9 aromatic rings. The number of nitrogens with zero attached hydrogens (tertiary/aromatic N) is 3. The Morgan fingerprint density at radius 1 is 0.407 bits per heavy atom. The molecule has 4 heteroatoms. The number of fused-ring (bicyclic) bond motifs is 1. The second kappa shape index (κ2) is 19.0. The van der Waals surface area contributed by atoms with E-state index in [1.165, 1.54) is 16.5 Å². The molecule has 0 radical (unpaired) electrons. The van der Waals surface area contributed by atoms with Crippen LogP contribution < -0.4 is 0 Å². The van der Waals surface area contributed by atoms with E-state index in [4.69, 9.17) is 4.11 Å². The van der Waals surface area contributed by atoms with Gasteiger partial charge in [-0.25, -0.2) is 0 Å². The Kier molecular flexibility index (Phi) is 11.8. The number of hydrogen-bond donors (Lipinski definition) is 0. The third-order valence-corrected chi connectivity index (χ3v) is 8.43. The number of benzene rings is 6. The standard InChI is InChI=1S/C21H14N.C18H14N.C11H8N.Ir/c1-2-7-16(8-3-1)17-11-6-12-19(13-17)21-14-18-9-4-5-10-20(18)15-22-21;1-14-7-9-15(10-8-14)17-11-12-19-18(13-17)16-5-3-2-4-6-16;1-2-6-10(7-3-1)11-8-4-5-9-12-11;/h1-11,13-15H;2-5,7-13H,1H3;1-6,8-9H;/q3*-1;+3/i;1D3;;. The maximum atomic E-state index is 7.41. The van der Waals surface area contributed by atoms with Gasteiger partial charge in [0.15, 0.2) is 0 Å². The molecule has 0 bridgehead atoms. The van der Waals surface area contributed by atoms with E-state index in [9.17, 15) is 0 Å². The van der Waals surface area contributed by atoms with E-state index in [0.29, 0.717) is 5.56 Å². The Hall–Kier alpha value is -6.32. The zero-order valence-corrected chi connectivity index (χ0v) is 31.6. The molecule has 6 aromatic carbocycles. The van der Waals surface area contributed by atoms with Crippen LogP contribution >= 0.6 is 0 Å². The Morgan fingerprint density at radius 3 is 1.72 bits per heavy atom. The predicted octanol–water partition coefficient (Wildman–Crippen LogP) is 12.4. The summed E-state index contributed by atoms with van der Waals surface area (Å²) in [5.41, 5.74) is 10.5. The number of aromatic nitrogens is 3. The van der Waals surface area contributed by atoms with E-state index < -0.39 is 6.85 Å². The van der Waals surface area contributed by atoms with Gasteiger partial charge < -0.3 is 15.0 Å². The van der Waals surface area contributed by atoms with Gasteiger partial charge in [-0.15, -0.1) is 107 Å². The molecule has 54 heavy (non-hydrogen) atoms. The van der Waals surface area contributed by atoms with Crippen molar-refractivity contribution in [2.24, 2.45) is 0 Å². The van der Waals surface area contributed by atoms with Gasteiger partial charge in [0.25, 0.3) is 0 Å². The SMILES string of the molecule is [2H]C([2H])([2H])c1ccc(-c2ccnc(-c3[c-]cccc3)c2)cc1.[Ir+3].[c-]1ccc(-c2ccccc2)cc1-c1cc2ccccc2cn1.[c-]1ccccc1-c1ccccn1. The minimum atomic E-state index is -2.07. The molecule has 0 aliphatic rings. The molecule has 260 valence electrons. The number of hydrogen-bond acceptors (Lipinski definition) is 3. The molecule has 3 heterocycles. The predicted molar refractivity (Wildman–Crippen MR) is 219 cm³/mol. The van der Waals surface area contributed by atoms with Crippen molar-refractivity contribution in [3.8, 4) is 56.0 Å². The second-order valence-electron chi connectivity index (χ2n) is 12.0. The minimum absolute atomic E-state index is 0. The Balaban J connectivity index is 0.000000150. The molecular formula is C50H36IrN3. The largest absolute Gasteiger partial charge is 3.00 e. The van der Waals surface area contributed by atoms with Crippen LogP contribution in [0.3, 0.4) is 0 Å². The Morgan fingerprint density at radius 2 is 1.02 bits per heavy atom. The summed E-state index contributed by atoms with van der Waals surface area (Å²) in [4.78, 5) is 13.2. The quantitative estimate of drug-likeness (QED) is 0.162. The summed E-state index contributed by atoms with van der Waals surface area (Å²) in [7, 11) is 0. The first kappa shape index (κ1) is 33.5. The van der Waals surface area contributed by atoms with E-state index in [2.05, 4.69) is 93.8 Å². The van der Waals surface area contributed by atoms with Crippen molar-refractivity contribution in [2.75, 3.05) is 0 Å². The summed E-state index contributed by atoms with van der Waals surface area (Å²) < 4.78 is 22.2. The fourth-order valence-corrected chi connectivity index (χ4v) is 5.70. The van der Waals surface area contributed by atoms with Gasteiger partial charge in [0.2, 0.25) is 0 Å². The van der Waals surface area contributed by atoms with E-state index in [1.54, 1.807) is 24.5 Å². The summed E-state index contributed by atoms with van der Waals surface area (Å²) in [5, 5.41) is 2.36. The molecule has 3 nitrogen and oxygen atoms in total. The molecule has 0 unspecified atom stereocenters. The van der Waals surface area contributed by atoms with Gasteiger partial charge in [0.05, 0.1) is 0 Å². The molecule has 9 rings (SSSR count). The molecule has 0 amide bonds. The van der Waals surface area contributed by atoms with Crippen molar-refractivity contribution in [3.05, 3.63) is 224 Å². The summed E-state index contributed by atoms with van der Waals surface area (Å²) in [5.74, 6) is 0. The second-order valence-corrected chi connectivity index (χ2v) is 12.0. The first-order valence-corrected chi connectivity index (χ1v) is 17.3. The molecule has 0 N–H and O–H groups in total. The summed E-state index contributed by atoms with van der Waals surface area (Å²) in [6, 6.07) is 68.8. The normalized spacial score (nSPS) is 11.2. The third kappa shape index (κ3) is 9.96. The minimum Gasteiger partial charge on any atom is -0.305 e. The van der Waals surface area contributed by atoms with Crippen LogP contribution in [0.2, 0.25) is 0 Å². The van der Waals surface area contributed by atoms with Crippen LogP contribution in [0.25, 0.3) is 66.8 Å². The smallest absolute Gasteiger partial charge is 0.305 e. The first-order valence-electron chi connectivity index (χ1n) is 18.8. The average molecular weight is 874 g/mol. The fraction of sp³-hybridized carbons (Fsp3) is 0.0200. The average Bonchev–Trinajstić information content (AvgIpc) is 3.28. The molecule has 0 saturated carbocycles. The first-order chi connectivity index (χ1) is 27.4. The number of rotatable bonds is 5. The van der Waals surface area contributed by atoms with Crippen molar-refractivity contribution < 1.29 is 24.2 Å². The van der Waals surface area contributed by atoms with Gasteiger partial charge in [0.1, 0.15) is 0 Å². The molecule has 3 aromatic heterocycles. The van der Waals surface area contributed by atoms with Crippen LogP contribution in [0.5, 0.6) is 0 Å². The van der Waals surface area contributed by atoms with Crippen molar-refractivity contribution in [3.63, 3.8) is 0 Å². The van der Waals surface area contributed by atoms with Crippen LogP contribution in [-0.4, -0.2) is 15.0 Å². The van der Waals surface area contributed by atoms with E-state index in [0.717, 1.165) is 50.3 Å². The molecule has 0 spiro atoms. The van der Waals surface area contributed by atoms with Gasteiger partial charge >= 0.3 is 20.1 Å². The van der Waals surface area contributed by atoms with Crippen LogP contribution in [0.15, 0.2) is 201 Å². The maximum Gasteiger partial charge on any atom is 3.00 e. The van der Waals surface area contributed by atoms with Crippen molar-refractivity contribution in [1.29, 1.82) is 0 Å². The van der Waals surface area contributed by atoms with Crippen LogP contribution in [0, 0.1) is 25.1 Å². The molecule has 0 saturated heterocycles. The zero-order valence-electron chi connectivity index (χ0n) is 32.2. The van der Waals surface area contributed by atoms with Crippen LogP contribution in [0.1, 0.15) is 9.68 Å². The van der Waals surface area contributed by atoms with Crippen LogP contribution in [0.4, 0.5) is 0 Å². The number of aryl methyl sites for hydroxylation is 1. The molecular weight excluding hydrogens is 835 g/mol. The van der Waals surface area contributed by atoms with E-state index >= 15 is 0 Å². The fourth-order valence-electron chi connectivity index (χ4n) is 5.70. The number of pyridine rings is 3. The monoisotopic (exact) mass is 874 g/mol. The molecule has 0 aliphatic heterocycles. The van der Waals surface area contributed by atoms with Crippen molar-refractivity contribution in [1.82, 2.24) is 15.0 Å². The van der Waals surface area contributed by atoms with Gasteiger partial charge in [-0.05, 0) is 63.5 Å². The van der Waals surface area contributed by atoms with Crippen LogP contribution in [-0.2, 0) is 20.1 Å². The summed E-state index contributed by atoms with van der Waals surface area (Å²) >= 11 is 0. The molecule has 0 fully saturated rings.